The number of aliphatic hydroxyl groups excluding tert-OH is 1. The molecule has 4 atom stereocenters. The maximum atomic E-state index is 12.5. The Bertz CT molecular complexity index is 970. The van der Waals surface area contributed by atoms with Crippen LogP contribution in [0.1, 0.15) is 29.9 Å². The molecule has 1 fully saturated rings. The van der Waals surface area contributed by atoms with Crippen molar-refractivity contribution in [3.05, 3.63) is 53.9 Å². The molecule has 2 amide bonds. The Morgan fingerprint density at radius 2 is 2.03 bits per heavy atom. The smallest absolute Gasteiger partial charge is 0.228 e. The van der Waals surface area contributed by atoms with Crippen LogP contribution >= 0.6 is 0 Å². The number of nitrogens with one attached hydrogen (secondary N) is 2. The number of rotatable bonds is 9. The summed E-state index contributed by atoms with van der Waals surface area (Å²) in [6.07, 6.45) is 3.15. The highest BCUT2D eigenvalue weighted by molar-refractivity contribution is 5.92. The van der Waals surface area contributed by atoms with E-state index in [0.717, 1.165) is 11.1 Å². The van der Waals surface area contributed by atoms with E-state index in [-0.39, 0.29) is 49.4 Å². The standard InChI is InChI=1S/C24H29N3O6/c1-31-9-8-26-22(29)13-17-12-19-18-11-16(27-23(30)10-15-4-6-25-7-5-15)2-3-20(18)33-24(19)21(14-28)32-17/h2-7,11,17,19,21,24,28H,8-10,12-14H2,1H3,(H,26,29)(H,27,30)/t17-,19-,21+,24+/m0/s1. The molecule has 2 aliphatic heterocycles. The minimum atomic E-state index is -0.530. The van der Waals surface area contributed by atoms with E-state index >= 15 is 0 Å². The maximum Gasteiger partial charge on any atom is 0.228 e. The Labute approximate surface area is 192 Å². The van der Waals surface area contributed by atoms with Gasteiger partial charge >= 0.3 is 0 Å². The summed E-state index contributed by atoms with van der Waals surface area (Å²) in [5.74, 6) is 0.426. The van der Waals surface area contributed by atoms with Crippen molar-refractivity contribution in [3.8, 4) is 5.75 Å². The first-order valence-electron chi connectivity index (χ1n) is 11.1. The molecular formula is C24H29N3O6. The number of hydrogen-bond acceptors (Lipinski definition) is 7. The zero-order chi connectivity index (χ0) is 23.2. The molecule has 0 saturated carbocycles. The van der Waals surface area contributed by atoms with Crippen LogP contribution in [0.15, 0.2) is 42.7 Å². The van der Waals surface area contributed by atoms with E-state index < -0.39 is 6.10 Å². The molecular weight excluding hydrogens is 426 g/mol. The molecule has 9 heteroatoms. The second-order valence-corrected chi connectivity index (χ2v) is 8.28. The lowest BCUT2D eigenvalue weighted by Gasteiger charge is -2.37. The highest BCUT2D eigenvalue weighted by Crippen LogP contribution is 2.47. The number of benzene rings is 1. The van der Waals surface area contributed by atoms with Gasteiger partial charge in [-0.3, -0.25) is 14.6 Å². The van der Waals surface area contributed by atoms with Gasteiger partial charge in [-0.05, 0) is 42.3 Å². The monoisotopic (exact) mass is 455 g/mol. The lowest BCUT2D eigenvalue weighted by Crippen LogP contribution is -2.47. The summed E-state index contributed by atoms with van der Waals surface area (Å²) in [4.78, 5) is 28.7. The van der Waals surface area contributed by atoms with Crippen LogP contribution in [0.4, 0.5) is 5.69 Å². The van der Waals surface area contributed by atoms with Crippen molar-refractivity contribution in [2.24, 2.45) is 0 Å². The minimum Gasteiger partial charge on any atom is -0.487 e. The number of nitrogens with zero attached hydrogens (tertiary/aromatic N) is 1. The molecule has 33 heavy (non-hydrogen) atoms. The normalized spacial score (nSPS) is 23.2. The molecule has 0 bridgehead atoms. The number of amides is 2. The first-order chi connectivity index (χ1) is 16.1. The van der Waals surface area contributed by atoms with E-state index in [9.17, 15) is 14.7 Å². The SMILES string of the molecule is COCCNC(=O)C[C@@H]1C[C@H]2c3cc(NC(=O)Cc4ccncc4)ccc3O[C@H]2[C@@H](CO)O1. The van der Waals surface area contributed by atoms with Crippen LogP contribution in [0.5, 0.6) is 5.75 Å². The molecule has 0 aliphatic carbocycles. The highest BCUT2D eigenvalue weighted by Gasteiger charge is 2.46. The van der Waals surface area contributed by atoms with Gasteiger partial charge in [0.15, 0.2) is 0 Å². The second kappa shape index (κ2) is 10.7. The number of aliphatic hydroxyl groups is 1. The Kier molecular flexibility index (Phi) is 7.54. The van der Waals surface area contributed by atoms with Crippen LogP contribution in [0, 0.1) is 0 Å². The van der Waals surface area contributed by atoms with Crippen molar-refractivity contribution in [2.75, 3.05) is 32.2 Å². The number of pyridine rings is 1. The van der Waals surface area contributed by atoms with E-state index in [1.54, 1.807) is 25.6 Å². The number of anilines is 1. The molecule has 0 radical (unpaired) electrons. The third-order valence-electron chi connectivity index (χ3n) is 5.94. The summed E-state index contributed by atoms with van der Waals surface area (Å²) in [6.45, 7) is 0.677. The zero-order valence-corrected chi connectivity index (χ0v) is 18.5. The Morgan fingerprint density at radius 3 is 2.79 bits per heavy atom. The second-order valence-electron chi connectivity index (χ2n) is 8.28. The third-order valence-corrected chi connectivity index (χ3v) is 5.94. The molecule has 0 unspecified atom stereocenters. The number of carbonyl (C=O) groups is 2. The van der Waals surface area contributed by atoms with Gasteiger partial charge in [0, 0.05) is 43.2 Å². The predicted molar refractivity (Wildman–Crippen MR) is 120 cm³/mol. The Morgan fingerprint density at radius 1 is 1.21 bits per heavy atom. The third kappa shape index (κ3) is 5.68. The molecule has 4 rings (SSSR count). The molecule has 9 nitrogen and oxygen atoms in total. The van der Waals surface area contributed by atoms with Gasteiger partial charge in [0.05, 0.1) is 32.2 Å². The number of hydrogen-bond donors (Lipinski definition) is 3. The van der Waals surface area contributed by atoms with Crippen LogP contribution in [-0.4, -0.2) is 67.1 Å². The van der Waals surface area contributed by atoms with E-state index in [1.807, 2.05) is 24.3 Å². The molecule has 1 saturated heterocycles. The van der Waals surface area contributed by atoms with Gasteiger partial charge in [0.25, 0.3) is 0 Å². The number of aromatic nitrogens is 1. The van der Waals surface area contributed by atoms with Crippen LogP contribution in [0.3, 0.4) is 0 Å². The lowest BCUT2D eigenvalue weighted by atomic mass is 9.84. The van der Waals surface area contributed by atoms with Gasteiger partial charge in [-0.15, -0.1) is 0 Å². The number of ether oxygens (including phenoxy) is 3. The van der Waals surface area contributed by atoms with Crippen LogP contribution in [-0.2, 0) is 25.5 Å². The topological polar surface area (TPSA) is 119 Å². The largest absolute Gasteiger partial charge is 0.487 e. The lowest BCUT2D eigenvalue weighted by molar-refractivity contribution is -0.142. The van der Waals surface area contributed by atoms with Crippen molar-refractivity contribution < 1.29 is 28.9 Å². The predicted octanol–water partition coefficient (Wildman–Crippen LogP) is 1.41. The molecule has 1 aromatic carbocycles. The summed E-state index contributed by atoms with van der Waals surface area (Å²) in [5, 5.41) is 15.6. The van der Waals surface area contributed by atoms with Crippen molar-refractivity contribution >= 4 is 17.5 Å². The molecule has 3 heterocycles. The summed E-state index contributed by atoms with van der Waals surface area (Å²) in [5.41, 5.74) is 2.51. The van der Waals surface area contributed by atoms with Crippen molar-refractivity contribution in [1.29, 1.82) is 0 Å². The first kappa shape index (κ1) is 23.2. The highest BCUT2D eigenvalue weighted by atomic mass is 16.6. The fraction of sp³-hybridized carbons (Fsp3) is 0.458. The van der Waals surface area contributed by atoms with Gasteiger partial charge in [0.2, 0.25) is 11.8 Å². The van der Waals surface area contributed by atoms with Crippen LogP contribution in [0.2, 0.25) is 0 Å². The van der Waals surface area contributed by atoms with E-state index in [2.05, 4.69) is 15.6 Å². The fourth-order valence-electron chi connectivity index (χ4n) is 4.43. The van der Waals surface area contributed by atoms with E-state index in [0.29, 0.717) is 31.0 Å². The average Bonchev–Trinajstić information content (AvgIpc) is 3.17. The number of methoxy groups -OCH3 is 1. The number of fused-ring (bicyclic) bond motifs is 3. The fourth-order valence-corrected chi connectivity index (χ4v) is 4.43. The molecule has 0 spiro atoms. The zero-order valence-electron chi connectivity index (χ0n) is 18.5. The van der Waals surface area contributed by atoms with Crippen LogP contribution < -0.4 is 15.4 Å². The molecule has 2 aromatic rings. The maximum absolute atomic E-state index is 12.5. The molecule has 2 aliphatic rings. The van der Waals surface area contributed by atoms with Gasteiger partial charge in [0.1, 0.15) is 18.0 Å². The van der Waals surface area contributed by atoms with Gasteiger partial charge in [-0.25, -0.2) is 0 Å². The molecule has 3 N–H and O–H groups in total. The van der Waals surface area contributed by atoms with E-state index in [4.69, 9.17) is 14.2 Å². The Hall–Kier alpha value is -3.01. The van der Waals surface area contributed by atoms with E-state index in [1.165, 1.54) is 0 Å². The van der Waals surface area contributed by atoms with Crippen molar-refractivity contribution in [3.63, 3.8) is 0 Å². The summed E-state index contributed by atoms with van der Waals surface area (Å²) >= 11 is 0. The van der Waals surface area contributed by atoms with Crippen LogP contribution in [0.25, 0.3) is 0 Å². The van der Waals surface area contributed by atoms with Crippen molar-refractivity contribution in [1.82, 2.24) is 10.3 Å². The van der Waals surface area contributed by atoms with Crippen molar-refractivity contribution in [2.45, 2.75) is 43.5 Å². The van der Waals surface area contributed by atoms with Gasteiger partial charge in [-0.1, -0.05) is 0 Å². The summed E-state index contributed by atoms with van der Waals surface area (Å²) in [7, 11) is 1.58. The van der Waals surface area contributed by atoms with Gasteiger partial charge in [-0.2, -0.15) is 0 Å². The first-order valence-corrected chi connectivity index (χ1v) is 11.1. The average molecular weight is 456 g/mol. The summed E-state index contributed by atoms with van der Waals surface area (Å²) in [6, 6.07) is 9.17. The Balaban J connectivity index is 1.43. The molecule has 1 aromatic heterocycles. The minimum absolute atomic E-state index is 0.0419. The number of carbonyl (C=O) groups excluding carboxylic acids is 2. The summed E-state index contributed by atoms with van der Waals surface area (Å²) < 4.78 is 17.0. The van der Waals surface area contributed by atoms with Gasteiger partial charge < -0.3 is 30.0 Å². The molecule has 176 valence electrons. The quantitative estimate of drug-likeness (QED) is 0.489.